The van der Waals surface area contributed by atoms with Crippen molar-refractivity contribution >= 4 is 45.9 Å². The lowest BCUT2D eigenvalue weighted by Gasteiger charge is -2.15. The van der Waals surface area contributed by atoms with Gasteiger partial charge in [-0.05, 0) is 43.4 Å². The lowest BCUT2D eigenvalue weighted by molar-refractivity contribution is 0.0947. The zero-order valence-electron chi connectivity index (χ0n) is 12.7. The maximum absolute atomic E-state index is 12.3. The van der Waals surface area contributed by atoms with Gasteiger partial charge in [0.25, 0.3) is 5.91 Å². The molecule has 1 aliphatic rings. The largest absolute Gasteiger partial charge is 0.359 e. The lowest BCUT2D eigenvalue weighted by atomic mass is 10.3. The Labute approximate surface area is 148 Å². The SMILES string of the molecule is Cc1nc(-c2ccsc2)sc1C(=O)NNC(=S)NC1CCCC1. The second-order valence-corrected chi connectivity index (χ2v) is 7.67. The zero-order chi connectivity index (χ0) is 16.2. The molecule has 1 aliphatic carbocycles. The summed E-state index contributed by atoms with van der Waals surface area (Å²) in [6, 6.07) is 2.42. The van der Waals surface area contributed by atoms with Gasteiger partial charge in [0.15, 0.2) is 5.11 Å². The van der Waals surface area contributed by atoms with Crippen LogP contribution in [-0.4, -0.2) is 22.0 Å². The molecule has 0 aliphatic heterocycles. The Balaban J connectivity index is 1.56. The van der Waals surface area contributed by atoms with Crippen LogP contribution in [0.2, 0.25) is 0 Å². The van der Waals surface area contributed by atoms with Gasteiger partial charge in [-0.15, -0.1) is 11.3 Å². The van der Waals surface area contributed by atoms with Crippen molar-refractivity contribution in [3.63, 3.8) is 0 Å². The molecule has 23 heavy (non-hydrogen) atoms. The van der Waals surface area contributed by atoms with Gasteiger partial charge >= 0.3 is 0 Å². The fraction of sp³-hybridized carbons (Fsp3) is 0.400. The van der Waals surface area contributed by atoms with Crippen molar-refractivity contribution in [3.05, 3.63) is 27.4 Å². The molecule has 0 aromatic carbocycles. The molecule has 2 aromatic heterocycles. The van der Waals surface area contributed by atoms with E-state index in [1.165, 1.54) is 24.2 Å². The van der Waals surface area contributed by atoms with Crippen molar-refractivity contribution in [1.82, 2.24) is 21.2 Å². The van der Waals surface area contributed by atoms with Crippen LogP contribution in [0, 0.1) is 6.92 Å². The first-order chi connectivity index (χ1) is 11.1. The lowest BCUT2D eigenvalue weighted by Crippen LogP contribution is -2.49. The van der Waals surface area contributed by atoms with E-state index in [0.717, 1.165) is 29.1 Å². The minimum absolute atomic E-state index is 0.211. The van der Waals surface area contributed by atoms with Gasteiger partial charge in [-0.2, -0.15) is 11.3 Å². The number of nitrogens with one attached hydrogen (secondary N) is 3. The van der Waals surface area contributed by atoms with E-state index in [9.17, 15) is 4.79 Å². The highest BCUT2D eigenvalue weighted by molar-refractivity contribution is 7.80. The molecule has 5 nitrogen and oxygen atoms in total. The standard InChI is InChI=1S/C15H18N4OS3/c1-9-12(23-14(16-9)10-6-7-22-8-10)13(20)18-19-15(21)17-11-4-2-3-5-11/h6-8,11H,2-5H2,1H3,(H,18,20)(H2,17,19,21). The molecule has 0 unspecified atom stereocenters. The quantitative estimate of drug-likeness (QED) is 0.575. The van der Waals surface area contributed by atoms with E-state index < -0.39 is 0 Å². The number of hydrazine groups is 1. The molecular formula is C15H18N4OS3. The first-order valence-corrected chi connectivity index (χ1v) is 9.67. The number of hydrogen-bond acceptors (Lipinski definition) is 5. The van der Waals surface area contributed by atoms with E-state index in [2.05, 4.69) is 21.2 Å². The number of thiazole rings is 1. The number of carbonyl (C=O) groups is 1. The van der Waals surface area contributed by atoms with Crippen molar-refractivity contribution in [2.45, 2.75) is 38.6 Å². The van der Waals surface area contributed by atoms with Gasteiger partial charge in [-0.1, -0.05) is 12.8 Å². The van der Waals surface area contributed by atoms with Crippen molar-refractivity contribution in [3.8, 4) is 10.6 Å². The molecule has 1 amide bonds. The molecule has 2 aromatic rings. The predicted molar refractivity (Wildman–Crippen MR) is 98.8 cm³/mol. The molecule has 1 saturated carbocycles. The molecule has 122 valence electrons. The summed E-state index contributed by atoms with van der Waals surface area (Å²) >= 11 is 8.22. The van der Waals surface area contributed by atoms with E-state index in [-0.39, 0.29) is 5.91 Å². The summed E-state index contributed by atoms with van der Waals surface area (Å²) in [5.41, 5.74) is 7.21. The first kappa shape index (κ1) is 16.4. The van der Waals surface area contributed by atoms with Crippen LogP contribution in [0.15, 0.2) is 16.8 Å². The van der Waals surface area contributed by atoms with E-state index in [4.69, 9.17) is 12.2 Å². The minimum Gasteiger partial charge on any atom is -0.359 e. The normalized spacial score (nSPS) is 14.7. The Morgan fingerprint density at radius 2 is 2.13 bits per heavy atom. The Morgan fingerprint density at radius 1 is 1.35 bits per heavy atom. The number of thiophene rings is 1. The smallest absolute Gasteiger partial charge is 0.281 e. The number of amides is 1. The molecule has 8 heteroatoms. The second-order valence-electron chi connectivity index (χ2n) is 5.48. The summed E-state index contributed by atoms with van der Waals surface area (Å²) < 4.78 is 0. The van der Waals surface area contributed by atoms with Crippen molar-refractivity contribution in [2.24, 2.45) is 0 Å². The molecule has 0 bridgehead atoms. The number of aryl methyl sites for hydroxylation is 1. The highest BCUT2D eigenvalue weighted by atomic mass is 32.1. The Hall–Kier alpha value is -1.51. The third-order valence-corrected chi connectivity index (χ3v) is 5.86. The summed E-state index contributed by atoms with van der Waals surface area (Å²) in [7, 11) is 0. The third kappa shape index (κ3) is 4.07. The first-order valence-electron chi connectivity index (χ1n) is 7.50. The minimum atomic E-state index is -0.211. The fourth-order valence-corrected chi connectivity index (χ4v) is 4.47. The molecule has 2 heterocycles. The van der Waals surface area contributed by atoms with Gasteiger partial charge in [-0.3, -0.25) is 15.6 Å². The van der Waals surface area contributed by atoms with Crippen LogP contribution in [0.5, 0.6) is 0 Å². The van der Waals surface area contributed by atoms with Crippen molar-refractivity contribution in [1.29, 1.82) is 0 Å². The summed E-state index contributed by atoms with van der Waals surface area (Å²) in [4.78, 5) is 17.4. The topological polar surface area (TPSA) is 66.0 Å². The van der Waals surface area contributed by atoms with Gasteiger partial charge in [-0.25, -0.2) is 4.98 Å². The average molecular weight is 367 g/mol. The Kier molecular flexibility index (Phi) is 5.24. The molecule has 0 atom stereocenters. The van der Waals surface area contributed by atoms with Gasteiger partial charge in [0.05, 0.1) is 5.69 Å². The third-order valence-electron chi connectivity index (χ3n) is 3.75. The van der Waals surface area contributed by atoms with Crippen LogP contribution in [0.25, 0.3) is 10.6 Å². The van der Waals surface area contributed by atoms with Crippen LogP contribution in [0.3, 0.4) is 0 Å². The summed E-state index contributed by atoms with van der Waals surface area (Å²) in [5.74, 6) is -0.211. The van der Waals surface area contributed by atoms with E-state index in [1.807, 2.05) is 23.8 Å². The van der Waals surface area contributed by atoms with E-state index >= 15 is 0 Å². The van der Waals surface area contributed by atoms with Crippen molar-refractivity contribution < 1.29 is 4.79 Å². The second kappa shape index (κ2) is 7.37. The Bertz CT molecular complexity index is 690. The summed E-state index contributed by atoms with van der Waals surface area (Å²) in [6.45, 7) is 1.84. The number of rotatable bonds is 3. The molecule has 1 fully saturated rings. The van der Waals surface area contributed by atoms with Crippen LogP contribution in [0.1, 0.15) is 41.0 Å². The van der Waals surface area contributed by atoms with Crippen LogP contribution in [-0.2, 0) is 0 Å². The maximum atomic E-state index is 12.3. The molecule has 0 radical (unpaired) electrons. The zero-order valence-corrected chi connectivity index (χ0v) is 15.2. The molecule has 0 spiro atoms. The monoisotopic (exact) mass is 366 g/mol. The summed E-state index contributed by atoms with van der Waals surface area (Å²) in [6.07, 6.45) is 4.73. The Morgan fingerprint density at radius 3 is 2.83 bits per heavy atom. The molecule has 3 rings (SSSR count). The van der Waals surface area contributed by atoms with E-state index in [0.29, 0.717) is 16.0 Å². The summed E-state index contributed by atoms with van der Waals surface area (Å²) in [5, 5.41) is 8.57. The molecule has 0 saturated heterocycles. The van der Waals surface area contributed by atoms with Gasteiger partial charge in [0, 0.05) is 17.0 Å². The number of carbonyl (C=O) groups excluding carboxylic acids is 1. The number of aromatic nitrogens is 1. The van der Waals surface area contributed by atoms with Gasteiger partial charge < -0.3 is 5.32 Å². The molecule has 3 N–H and O–H groups in total. The predicted octanol–water partition coefficient (Wildman–Crippen LogP) is 3.23. The van der Waals surface area contributed by atoms with Gasteiger partial charge in [0.1, 0.15) is 9.88 Å². The van der Waals surface area contributed by atoms with Gasteiger partial charge in [0.2, 0.25) is 0 Å². The number of thiocarbonyl (C=S) groups is 1. The van der Waals surface area contributed by atoms with Crippen LogP contribution < -0.4 is 16.2 Å². The average Bonchev–Trinajstić information content (AvgIpc) is 3.25. The highest BCUT2D eigenvalue weighted by Crippen LogP contribution is 2.29. The highest BCUT2D eigenvalue weighted by Gasteiger charge is 2.18. The van der Waals surface area contributed by atoms with Crippen LogP contribution in [0.4, 0.5) is 0 Å². The number of nitrogens with zero attached hydrogens (tertiary/aromatic N) is 1. The van der Waals surface area contributed by atoms with Crippen LogP contribution >= 0.6 is 34.9 Å². The molecular weight excluding hydrogens is 348 g/mol. The maximum Gasteiger partial charge on any atom is 0.281 e. The van der Waals surface area contributed by atoms with E-state index in [1.54, 1.807) is 11.3 Å². The fourth-order valence-electron chi connectivity index (χ4n) is 2.58. The van der Waals surface area contributed by atoms with Crippen molar-refractivity contribution in [2.75, 3.05) is 0 Å². The number of hydrogen-bond donors (Lipinski definition) is 3.